The normalized spacial score (nSPS) is 19.0. The van der Waals surface area contributed by atoms with Gasteiger partial charge in [-0.1, -0.05) is 30.0 Å². The number of ether oxygens (including phenoxy) is 4. The molecule has 1 aromatic rings. The summed E-state index contributed by atoms with van der Waals surface area (Å²) in [6.45, 7) is 2.67. The van der Waals surface area contributed by atoms with Gasteiger partial charge < -0.3 is 24.3 Å². The van der Waals surface area contributed by atoms with Gasteiger partial charge in [0.1, 0.15) is 17.2 Å². The standard InChI is InChI=1S/C24H28N2O6S/c1-6-32-18-9-7-15(11-19(18)29-3)12-21-24(28)26(2)17-13-16(8-10-20(17)33-21)23(27)25-14-22(30-4)31-5/h7-13,20,22H,6,14H2,1-5H3/p+1/b21-12+. The molecule has 1 aliphatic carbocycles. The summed E-state index contributed by atoms with van der Waals surface area (Å²) in [6, 6.07) is 5.57. The zero-order valence-corrected chi connectivity index (χ0v) is 20.2. The molecule has 33 heavy (non-hydrogen) atoms. The molecule has 1 aliphatic heterocycles. The van der Waals surface area contributed by atoms with Gasteiger partial charge in [-0.05, 0) is 30.7 Å². The van der Waals surface area contributed by atoms with Crippen LogP contribution in [0.5, 0.6) is 11.5 Å². The quantitative estimate of drug-likeness (QED) is 0.335. The predicted octanol–water partition coefficient (Wildman–Crippen LogP) is 2.39. The molecular weight excluding hydrogens is 444 g/mol. The Labute approximate surface area is 197 Å². The van der Waals surface area contributed by atoms with Crippen LogP contribution in [0.3, 0.4) is 0 Å². The van der Waals surface area contributed by atoms with Gasteiger partial charge in [0.2, 0.25) is 5.71 Å². The van der Waals surface area contributed by atoms with E-state index in [0.717, 1.165) is 11.3 Å². The monoisotopic (exact) mass is 473 g/mol. The van der Waals surface area contributed by atoms with Gasteiger partial charge in [-0.15, -0.1) is 0 Å². The first kappa shape index (κ1) is 24.8. The molecule has 1 N–H and O–H groups in total. The zero-order chi connectivity index (χ0) is 24.0. The van der Waals surface area contributed by atoms with E-state index in [1.54, 1.807) is 30.9 Å². The number of thioether (sulfide) groups is 1. The fourth-order valence-corrected chi connectivity index (χ4v) is 4.63. The van der Waals surface area contributed by atoms with Crippen LogP contribution in [-0.2, 0) is 19.1 Å². The lowest BCUT2D eigenvalue weighted by Gasteiger charge is -2.21. The molecule has 2 aliphatic rings. The van der Waals surface area contributed by atoms with Crippen molar-refractivity contribution in [2.24, 2.45) is 0 Å². The van der Waals surface area contributed by atoms with E-state index in [4.69, 9.17) is 18.9 Å². The number of carbonyl (C=O) groups excluding carboxylic acids is 2. The molecule has 2 amide bonds. The minimum absolute atomic E-state index is 0.0780. The Morgan fingerprint density at radius 2 is 2.00 bits per heavy atom. The molecule has 176 valence electrons. The Hall–Kier alpha value is -2.88. The highest BCUT2D eigenvalue weighted by Gasteiger charge is 2.38. The largest absolute Gasteiger partial charge is 0.493 e. The molecule has 1 aromatic carbocycles. The summed E-state index contributed by atoms with van der Waals surface area (Å²) in [5, 5.41) is 2.70. The van der Waals surface area contributed by atoms with Crippen LogP contribution in [0, 0.1) is 0 Å². The van der Waals surface area contributed by atoms with Gasteiger partial charge in [0.05, 0.1) is 20.3 Å². The third-order valence-electron chi connectivity index (χ3n) is 5.20. The number of hydrogen-bond acceptors (Lipinski definition) is 7. The van der Waals surface area contributed by atoms with Crippen LogP contribution in [0.25, 0.3) is 6.08 Å². The summed E-state index contributed by atoms with van der Waals surface area (Å²) in [7, 11) is 6.32. The first-order valence-electron chi connectivity index (χ1n) is 10.5. The van der Waals surface area contributed by atoms with Crippen LogP contribution in [-0.4, -0.2) is 75.2 Å². The smallest absolute Gasteiger partial charge is 0.425 e. The Kier molecular flexibility index (Phi) is 8.49. The summed E-state index contributed by atoms with van der Waals surface area (Å²) in [5.41, 5.74) is 2.06. The number of nitrogens with zero attached hydrogens (tertiary/aromatic N) is 1. The summed E-state index contributed by atoms with van der Waals surface area (Å²) in [4.78, 5) is 26.2. The Bertz CT molecular complexity index is 1040. The number of rotatable bonds is 9. The molecule has 1 heterocycles. The molecule has 0 saturated carbocycles. The van der Waals surface area contributed by atoms with Gasteiger partial charge >= 0.3 is 5.91 Å². The van der Waals surface area contributed by atoms with E-state index in [0.29, 0.717) is 28.6 Å². The fraction of sp³-hybridized carbons (Fsp3) is 0.375. The van der Waals surface area contributed by atoms with Crippen LogP contribution >= 0.6 is 11.8 Å². The molecule has 0 spiro atoms. The van der Waals surface area contributed by atoms with Crippen molar-refractivity contribution in [1.29, 1.82) is 0 Å². The van der Waals surface area contributed by atoms with Crippen LogP contribution in [0.4, 0.5) is 0 Å². The van der Waals surface area contributed by atoms with Crippen LogP contribution in [0.1, 0.15) is 12.5 Å². The molecule has 8 nitrogen and oxygen atoms in total. The maximum Gasteiger partial charge on any atom is 0.425 e. The molecule has 3 rings (SSSR count). The van der Waals surface area contributed by atoms with Crippen molar-refractivity contribution in [3.8, 4) is 11.5 Å². The van der Waals surface area contributed by atoms with Crippen LogP contribution in [0.15, 0.2) is 46.9 Å². The Balaban J connectivity index is 1.81. The Morgan fingerprint density at radius 1 is 1.24 bits per heavy atom. The molecule has 1 atom stereocenters. The molecule has 0 aromatic heterocycles. The average molecular weight is 474 g/mol. The minimum Gasteiger partial charge on any atom is -0.493 e. The lowest BCUT2D eigenvalue weighted by atomic mass is 10.0. The molecule has 0 bridgehead atoms. The van der Waals surface area contributed by atoms with Gasteiger partial charge in [-0.25, -0.2) is 4.79 Å². The first-order chi connectivity index (χ1) is 15.9. The van der Waals surface area contributed by atoms with Crippen molar-refractivity contribution < 1.29 is 33.1 Å². The number of likely N-dealkylation sites (N-methyl/N-ethyl adjacent to an activating group) is 1. The SMILES string of the molecule is CCOc1ccc(/C=C2/SC3C=CC(C(=O)NCC(OC)OC)=CC3=[N+](C)C2=O)cc1OC. The molecular formula is C24H29N2O6S+. The highest BCUT2D eigenvalue weighted by molar-refractivity contribution is 8.05. The third kappa shape index (κ3) is 5.73. The number of benzene rings is 1. The second-order valence-electron chi connectivity index (χ2n) is 7.25. The Morgan fingerprint density at radius 3 is 2.67 bits per heavy atom. The van der Waals surface area contributed by atoms with Gasteiger partial charge in [0.15, 0.2) is 17.8 Å². The summed E-state index contributed by atoms with van der Waals surface area (Å²) >= 11 is 1.45. The lowest BCUT2D eigenvalue weighted by Crippen LogP contribution is -2.39. The molecule has 1 unspecified atom stereocenters. The van der Waals surface area contributed by atoms with E-state index in [1.807, 2.05) is 37.3 Å². The van der Waals surface area contributed by atoms with E-state index in [9.17, 15) is 9.59 Å². The number of carbonyl (C=O) groups is 2. The number of amides is 2. The van der Waals surface area contributed by atoms with E-state index in [-0.39, 0.29) is 23.6 Å². The first-order valence-corrected chi connectivity index (χ1v) is 11.4. The lowest BCUT2D eigenvalue weighted by molar-refractivity contribution is -0.413. The number of fused-ring (bicyclic) bond motifs is 1. The van der Waals surface area contributed by atoms with E-state index < -0.39 is 6.29 Å². The number of nitrogens with one attached hydrogen (secondary N) is 1. The highest BCUT2D eigenvalue weighted by atomic mass is 32.2. The maximum absolute atomic E-state index is 13.1. The minimum atomic E-state index is -0.522. The van der Waals surface area contributed by atoms with Gasteiger partial charge in [0, 0.05) is 25.9 Å². The zero-order valence-electron chi connectivity index (χ0n) is 19.4. The van der Waals surface area contributed by atoms with Crippen molar-refractivity contribution in [2.75, 3.05) is 41.5 Å². The van der Waals surface area contributed by atoms with Crippen molar-refractivity contribution in [2.45, 2.75) is 18.5 Å². The predicted molar refractivity (Wildman–Crippen MR) is 128 cm³/mol. The van der Waals surface area contributed by atoms with Crippen LogP contribution < -0.4 is 14.8 Å². The summed E-state index contributed by atoms with van der Waals surface area (Å²) in [5.74, 6) is 0.876. The number of allylic oxidation sites excluding steroid dienone is 1. The average Bonchev–Trinajstić information content (AvgIpc) is 2.83. The summed E-state index contributed by atoms with van der Waals surface area (Å²) < 4.78 is 22.7. The van der Waals surface area contributed by atoms with E-state index in [1.165, 1.54) is 26.0 Å². The van der Waals surface area contributed by atoms with Crippen molar-refractivity contribution in [1.82, 2.24) is 5.32 Å². The second-order valence-corrected chi connectivity index (χ2v) is 8.43. The third-order valence-corrected chi connectivity index (χ3v) is 6.40. The highest BCUT2D eigenvalue weighted by Crippen LogP contribution is 2.35. The van der Waals surface area contributed by atoms with Crippen molar-refractivity contribution in [3.05, 3.63) is 52.5 Å². The van der Waals surface area contributed by atoms with Crippen molar-refractivity contribution in [3.63, 3.8) is 0 Å². The fourth-order valence-electron chi connectivity index (χ4n) is 3.41. The topological polar surface area (TPSA) is 86.1 Å². The molecule has 0 radical (unpaired) electrons. The van der Waals surface area contributed by atoms with E-state index in [2.05, 4.69) is 5.32 Å². The molecule has 9 heteroatoms. The van der Waals surface area contributed by atoms with Crippen molar-refractivity contribution >= 4 is 35.4 Å². The van der Waals surface area contributed by atoms with Crippen LogP contribution in [0.2, 0.25) is 0 Å². The number of hydrogen-bond donors (Lipinski definition) is 1. The van der Waals surface area contributed by atoms with Gasteiger partial charge in [-0.2, -0.15) is 4.58 Å². The molecule has 0 fully saturated rings. The van der Waals surface area contributed by atoms with Gasteiger partial charge in [-0.3, -0.25) is 4.79 Å². The maximum atomic E-state index is 13.1. The van der Waals surface area contributed by atoms with E-state index >= 15 is 0 Å². The molecule has 0 saturated heterocycles. The number of methoxy groups -OCH3 is 3. The second kappa shape index (κ2) is 11.3. The summed E-state index contributed by atoms with van der Waals surface area (Å²) in [6.07, 6.45) is 6.76. The van der Waals surface area contributed by atoms with Gasteiger partial charge in [0.25, 0.3) is 5.91 Å².